The summed E-state index contributed by atoms with van der Waals surface area (Å²) in [7, 11) is 0. The van der Waals surface area contributed by atoms with Gasteiger partial charge in [-0.3, -0.25) is 4.79 Å². The monoisotopic (exact) mass is 313 g/mol. The number of anilines is 1. The van der Waals surface area contributed by atoms with E-state index in [1.165, 1.54) is 5.56 Å². The minimum atomic E-state index is 0.267. The Bertz CT molecular complexity index is 485. The van der Waals surface area contributed by atoms with Crippen LogP contribution >= 0.6 is 27.5 Å². The number of halogens is 2. The molecule has 2 nitrogen and oxygen atoms in total. The topological polar surface area (TPSA) is 20.3 Å². The van der Waals surface area contributed by atoms with Crippen LogP contribution in [0.4, 0.5) is 5.69 Å². The summed E-state index contributed by atoms with van der Waals surface area (Å²) in [6.07, 6.45) is 4.13. The molecule has 1 amide bonds. The molecule has 0 unspecified atom stereocenters. The molecule has 1 fully saturated rings. The van der Waals surface area contributed by atoms with E-state index in [0.717, 1.165) is 47.4 Å². The number of benzene rings is 1. The van der Waals surface area contributed by atoms with Crippen molar-refractivity contribution in [2.45, 2.75) is 25.7 Å². The number of carbonyl (C=O) groups is 1. The van der Waals surface area contributed by atoms with Crippen LogP contribution in [0.5, 0.6) is 0 Å². The Balaban J connectivity index is 2.03. The molecular weight excluding hydrogens is 302 g/mol. The maximum absolute atomic E-state index is 12.2. The van der Waals surface area contributed by atoms with Crippen LogP contribution in [0.3, 0.4) is 0 Å². The molecule has 17 heavy (non-hydrogen) atoms. The van der Waals surface area contributed by atoms with Crippen molar-refractivity contribution in [3.8, 4) is 0 Å². The number of amides is 1. The Morgan fingerprint density at radius 2 is 2.18 bits per heavy atom. The Hall–Kier alpha value is -0.540. The molecule has 0 saturated heterocycles. The highest BCUT2D eigenvalue weighted by Crippen LogP contribution is 2.40. The van der Waals surface area contributed by atoms with Gasteiger partial charge >= 0.3 is 0 Å². The molecule has 3 rings (SSSR count). The fourth-order valence-electron chi connectivity index (χ4n) is 2.42. The largest absolute Gasteiger partial charge is 0.311 e. The number of carbonyl (C=O) groups excluding carboxylic acids is 1. The van der Waals surface area contributed by atoms with Crippen LogP contribution in [0, 0.1) is 5.92 Å². The minimum absolute atomic E-state index is 0.267. The lowest BCUT2D eigenvalue weighted by molar-refractivity contribution is -0.119. The lowest BCUT2D eigenvalue weighted by atomic mass is 10.0. The van der Waals surface area contributed by atoms with Crippen LogP contribution in [-0.4, -0.2) is 12.5 Å². The van der Waals surface area contributed by atoms with Gasteiger partial charge < -0.3 is 4.90 Å². The van der Waals surface area contributed by atoms with Crippen molar-refractivity contribution in [2.24, 2.45) is 5.92 Å². The van der Waals surface area contributed by atoms with E-state index >= 15 is 0 Å². The highest BCUT2D eigenvalue weighted by molar-refractivity contribution is 9.10. The molecule has 0 atom stereocenters. The van der Waals surface area contributed by atoms with Gasteiger partial charge in [0.1, 0.15) is 0 Å². The van der Waals surface area contributed by atoms with E-state index in [0.29, 0.717) is 0 Å². The molecular formula is C13H13BrClNO. The Morgan fingerprint density at radius 3 is 2.88 bits per heavy atom. The third kappa shape index (κ3) is 2.11. The van der Waals surface area contributed by atoms with Gasteiger partial charge in [0.25, 0.3) is 0 Å². The molecule has 1 aromatic carbocycles. The summed E-state index contributed by atoms with van der Waals surface area (Å²) in [5, 5.41) is 0.733. The number of nitrogens with zero attached hydrogens (tertiary/aromatic N) is 1. The summed E-state index contributed by atoms with van der Waals surface area (Å²) in [6.45, 7) is 0.836. The van der Waals surface area contributed by atoms with Gasteiger partial charge in [0.2, 0.25) is 5.91 Å². The van der Waals surface area contributed by atoms with Crippen LogP contribution in [0.1, 0.15) is 24.8 Å². The zero-order valence-electron chi connectivity index (χ0n) is 9.38. The normalized spacial score (nSPS) is 19.1. The van der Waals surface area contributed by atoms with Crippen LogP contribution in [0.25, 0.3) is 0 Å². The van der Waals surface area contributed by atoms with Crippen molar-refractivity contribution in [3.05, 3.63) is 27.2 Å². The number of rotatable bonds is 1. The number of hydrogen-bond donors (Lipinski definition) is 0. The van der Waals surface area contributed by atoms with E-state index in [-0.39, 0.29) is 11.8 Å². The third-order valence-corrected chi connectivity index (χ3v) is 4.22. The van der Waals surface area contributed by atoms with Crippen LogP contribution in [-0.2, 0) is 11.2 Å². The third-order valence-electron chi connectivity index (χ3n) is 3.40. The molecule has 1 aliphatic heterocycles. The van der Waals surface area contributed by atoms with Crippen LogP contribution in [0.2, 0.25) is 5.02 Å². The zero-order valence-corrected chi connectivity index (χ0v) is 11.7. The molecule has 0 radical (unpaired) electrons. The first-order valence-electron chi connectivity index (χ1n) is 5.96. The number of fused-ring (bicyclic) bond motifs is 1. The quantitative estimate of drug-likeness (QED) is 0.772. The van der Waals surface area contributed by atoms with Crippen molar-refractivity contribution in [2.75, 3.05) is 11.4 Å². The molecule has 2 aliphatic rings. The lowest BCUT2D eigenvalue weighted by Crippen LogP contribution is -2.36. The van der Waals surface area contributed by atoms with Gasteiger partial charge in [-0.1, -0.05) is 11.6 Å². The molecule has 1 aromatic rings. The minimum Gasteiger partial charge on any atom is -0.311 e. The van der Waals surface area contributed by atoms with E-state index in [2.05, 4.69) is 15.9 Å². The Kier molecular flexibility index (Phi) is 2.91. The summed E-state index contributed by atoms with van der Waals surface area (Å²) in [6, 6.07) is 3.85. The van der Waals surface area contributed by atoms with Crippen molar-refractivity contribution in [1.82, 2.24) is 0 Å². The molecule has 0 bridgehead atoms. The molecule has 0 spiro atoms. The molecule has 90 valence electrons. The number of hydrogen-bond acceptors (Lipinski definition) is 1. The second-order valence-corrected chi connectivity index (χ2v) is 6.05. The highest BCUT2D eigenvalue weighted by Gasteiger charge is 2.36. The van der Waals surface area contributed by atoms with Gasteiger partial charge in [-0.05, 0) is 59.3 Å². The van der Waals surface area contributed by atoms with E-state index in [4.69, 9.17) is 11.6 Å². The SMILES string of the molecule is O=C(C1CC1)N1CCCc2cc(Cl)cc(Br)c21. The van der Waals surface area contributed by atoms with E-state index in [1.54, 1.807) is 0 Å². The van der Waals surface area contributed by atoms with E-state index < -0.39 is 0 Å². The lowest BCUT2D eigenvalue weighted by Gasteiger charge is -2.31. The zero-order chi connectivity index (χ0) is 12.0. The molecule has 4 heteroatoms. The fourth-order valence-corrected chi connectivity index (χ4v) is 3.51. The van der Waals surface area contributed by atoms with Crippen molar-refractivity contribution in [3.63, 3.8) is 0 Å². The fraction of sp³-hybridized carbons (Fsp3) is 0.462. The number of aryl methyl sites for hydroxylation is 1. The average molecular weight is 315 g/mol. The smallest absolute Gasteiger partial charge is 0.230 e. The predicted octanol–water partition coefficient (Wildman–Crippen LogP) is 3.79. The summed E-state index contributed by atoms with van der Waals surface area (Å²) >= 11 is 9.58. The average Bonchev–Trinajstić information content (AvgIpc) is 3.10. The Morgan fingerprint density at radius 1 is 1.41 bits per heavy atom. The van der Waals surface area contributed by atoms with Gasteiger partial charge in [-0.25, -0.2) is 0 Å². The van der Waals surface area contributed by atoms with Crippen molar-refractivity contribution in [1.29, 1.82) is 0 Å². The molecule has 1 saturated carbocycles. The summed E-state index contributed by atoms with van der Waals surface area (Å²) < 4.78 is 0.939. The van der Waals surface area contributed by atoms with Gasteiger partial charge in [0, 0.05) is 22.0 Å². The summed E-state index contributed by atoms with van der Waals surface area (Å²) in [5.74, 6) is 0.553. The summed E-state index contributed by atoms with van der Waals surface area (Å²) in [4.78, 5) is 14.2. The molecule has 1 heterocycles. The van der Waals surface area contributed by atoms with Gasteiger partial charge in [0.05, 0.1) is 5.69 Å². The van der Waals surface area contributed by atoms with Gasteiger partial charge in [0.15, 0.2) is 0 Å². The van der Waals surface area contributed by atoms with Crippen molar-refractivity contribution < 1.29 is 4.79 Å². The first-order chi connectivity index (χ1) is 8.16. The van der Waals surface area contributed by atoms with Gasteiger partial charge in [-0.2, -0.15) is 0 Å². The van der Waals surface area contributed by atoms with Crippen LogP contribution < -0.4 is 4.90 Å². The maximum Gasteiger partial charge on any atom is 0.230 e. The second-order valence-electron chi connectivity index (χ2n) is 4.76. The van der Waals surface area contributed by atoms with Gasteiger partial charge in [-0.15, -0.1) is 0 Å². The Labute approximate surface area is 114 Å². The van der Waals surface area contributed by atoms with E-state index in [1.807, 2.05) is 17.0 Å². The van der Waals surface area contributed by atoms with Crippen molar-refractivity contribution >= 4 is 39.1 Å². The van der Waals surface area contributed by atoms with E-state index in [9.17, 15) is 4.79 Å². The molecule has 0 N–H and O–H groups in total. The first kappa shape index (κ1) is 11.5. The maximum atomic E-state index is 12.2. The molecule has 1 aliphatic carbocycles. The highest BCUT2D eigenvalue weighted by atomic mass is 79.9. The predicted molar refractivity (Wildman–Crippen MR) is 72.6 cm³/mol. The standard InChI is InChI=1S/C13H13BrClNO/c14-11-7-10(15)6-9-2-1-5-16(12(9)11)13(17)8-3-4-8/h6-8H,1-5H2. The van der Waals surface area contributed by atoms with Crippen LogP contribution in [0.15, 0.2) is 16.6 Å². The summed E-state index contributed by atoms with van der Waals surface area (Å²) in [5.41, 5.74) is 2.22. The first-order valence-corrected chi connectivity index (χ1v) is 7.13. The second kappa shape index (κ2) is 4.29. The molecule has 0 aromatic heterocycles.